The van der Waals surface area contributed by atoms with Crippen LogP contribution in [0, 0.1) is 5.92 Å². The maximum Gasteiger partial charge on any atom is 0.0617 e. The highest BCUT2D eigenvalue weighted by atomic mass is 35.5. The second kappa shape index (κ2) is 4.65. The molecule has 0 N–H and O–H groups in total. The molecule has 1 nitrogen and oxygen atoms in total. The Morgan fingerprint density at radius 1 is 1.00 bits per heavy atom. The highest BCUT2D eigenvalue weighted by Crippen LogP contribution is 2.33. The van der Waals surface area contributed by atoms with E-state index >= 15 is 0 Å². The second-order valence-corrected chi connectivity index (χ2v) is 5.05. The average Bonchev–Trinajstić information content (AvgIpc) is 2.19. The van der Waals surface area contributed by atoms with Gasteiger partial charge in [0.15, 0.2) is 0 Å². The molecule has 1 heterocycles. The van der Waals surface area contributed by atoms with Gasteiger partial charge in [0.05, 0.1) is 6.10 Å². The first-order chi connectivity index (χ1) is 6.36. The number of ether oxygens (including phenoxy) is 1. The van der Waals surface area contributed by atoms with Gasteiger partial charge in [0, 0.05) is 12.0 Å². The van der Waals surface area contributed by atoms with Gasteiger partial charge in [-0.3, -0.25) is 0 Å². The molecule has 2 heteroatoms. The van der Waals surface area contributed by atoms with E-state index in [0.29, 0.717) is 11.5 Å². The van der Waals surface area contributed by atoms with Crippen LogP contribution in [0.2, 0.25) is 0 Å². The summed E-state index contributed by atoms with van der Waals surface area (Å²) < 4.78 is 5.80. The van der Waals surface area contributed by atoms with Crippen molar-refractivity contribution in [2.75, 3.05) is 6.61 Å². The molecule has 1 aliphatic carbocycles. The number of halogens is 1. The van der Waals surface area contributed by atoms with Crippen LogP contribution in [0.25, 0.3) is 0 Å². The highest BCUT2D eigenvalue weighted by molar-refractivity contribution is 6.20. The Morgan fingerprint density at radius 3 is 2.46 bits per heavy atom. The van der Waals surface area contributed by atoms with Gasteiger partial charge < -0.3 is 4.74 Å². The molecule has 0 aromatic rings. The Morgan fingerprint density at radius 2 is 1.77 bits per heavy atom. The van der Waals surface area contributed by atoms with Crippen LogP contribution < -0.4 is 0 Å². The zero-order valence-electron chi connectivity index (χ0n) is 8.18. The molecule has 1 aliphatic heterocycles. The van der Waals surface area contributed by atoms with Crippen LogP contribution in [0.5, 0.6) is 0 Å². The van der Waals surface area contributed by atoms with Crippen LogP contribution in [0.4, 0.5) is 0 Å². The lowest BCUT2D eigenvalue weighted by Crippen LogP contribution is -2.33. The molecule has 0 amide bonds. The van der Waals surface area contributed by atoms with E-state index in [2.05, 4.69) is 0 Å². The predicted molar refractivity (Wildman–Crippen MR) is 55.2 cm³/mol. The van der Waals surface area contributed by atoms with Crippen molar-refractivity contribution < 1.29 is 4.74 Å². The minimum atomic E-state index is 0.376. The summed E-state index contributed by atoms with van der Waals surface area (Å²) in [6.07, 6.45) is 9.58. The molecule has 0 spiro atoms. The Kier molecular flexibility index (Phi) is 3.51. The topological polar surface area (TPSA) is 9.23 Å². The molecule has 1 saturated heterocycles. The first kappa shape index (κ1) is 9.79. The van der Waals surface area contributed by atoms with Gasteiger partial charge in [-0.2, -0.15) is 0 Å². The summed E-state index contributed by atoms with van der Waals surface area (Å²) in [5, 5.41) is 0.376. The summed E-state index contributed by atoms with van der Waals surface area (Å²) >= 11 is 6.15. The third kappa shape index (κ3) is 2.60. The van der Waals surface area contributed by atoms with Crippen LogP contribution in [0.3, 0.4) is 0 Å². The predicted octanol–water partition coefficient (Wildman–Crippen LogP) is 3.35. The first-order valence-electron chi connectivity index (χ1n) is 5.62. The van der Waals surface area contributed by atoms with E-state index in [9.17, 15) is 0 Å². The molecule has 0 aromatic heterocycles. The molecule has 76 valence electrons. The molecule has 2 aliphatic rings. The van der Waals surface area contributed by atoms with Crippen LogP contribution in [0.15, 0.2) is 0 Å². The van der Waals surface area contributed by atoms with Crippen molar-refractivity contribution in [2.45, 2.75) is 56.4 Å². The Bertz CT molecular complexity index is 154. The van der Waals surface area contributed by atoms with Gasteiger partial charge in [0.2, 0.25) is 0 Å². The van der Waals surface area contributed by atoms with Gasteiger partial charge >= 0.3 is 0 Å². The maximum absolute atomic E-state index is 6.15. The SMILES string of the molecule is ClC1CCOC(C2CCCCC2)C1. The summed E-state index contributed by atoms with van der Waals surface area (Å²) in [5.74, 6) is 0.815. The molecule has 13 heavy (non-hydrogen) atoms. The minimum Gasteiger partial charge on any atom is -0.378 e. The fourth-order valence-corrected chi connectivity index (χ4v) is 2.88. The molecular formula is C11H19ClO. The fraction of sp³-hybridized carbons (Fsp3) is 1.00. The lowest BCUT2D eigenvalue weighted by molar-refractivity contribution is -0.0287. The van der Waals surface area contributed by atoms with Crippen molar-refractivity contribution in [3.63, 3.8) is 0 Å². The molecule has 0 radical (unpaired) electrons. The molecule has 2 unspecified atom stereocenters. The van der Waals surface area contributed by atoms with Gasteiger partial charge in [-0.15, -0.1) is 11.6 Å². The molecule has 0 aromatic carbocycles. The molecule has 0 bridgehead atoms. The summed E-state index contributed by atoms with van der Waals surface area (Å²) in [6, 6.07) is 0. The van der Waals surface area contributed by atoms with Gasteiger partial charge in [-0.1, -0.05) is 19.3 Å². The fourth-order valence-electron chi connectivity index (χ4n) is 2.62. The quantitative estimate of drug-likeness (QED) is 0.593. The van der Waals surface area contributed by atoms with Crippen molar-refractivity contribution in [3.8, 4) is 0 Å². The van der Waals surface area contributed by atoms with Crippen LogP contribution in [-0.4, -0.2) is 18.1 Å². The second-order valence-electron chi connectivity index (χ2n) is 4.43. The van der Waals surface area contributed by atoms with Crippen molar-refractivity contribution in [3.05, 3.63) is 0 Å². The van der Waals surface area contributed by atoms with Crippen molar-refractivity contribution in [1.29, 1.82) is 0 Å². The minimum absolute atomic E-state index is 0.376. The molecule has 2 rings (SSSR count). The van der Waals surface area contributed by atoms with E-state index in [4.69, 9.17) is 16.3 Å². The lowest BCUT2D eigenvalue weighted by Gasteiger charge is -2.34. The number of rotatable bonds is 1. The van der Waals surface area contributed by atoms with Gasteiger partial charge in [0.25, 0.3) is 0 Å². The smallest absolute Gasteiger partial charge is 0.0617 e. The van der Waals surface area contributed by atoms with Crippen molar-refractivity contribution >= 4 is 11.6 Å². The van der Waals surface area contributed by atoms with Crippen LogP contribution in [0.1, 0.15) is 44.9 Å². The highest BCUT2D eigenvalue weighted by Gasteiger charge is 2.29. The third-order valence-corrected chi connectivity index (χ3v) is 3.82. The van der Waals surface area contributed by atoms with Gasteiger partial charge in [0.1, 0.15) is 0 Å². The van der Waals surface area contributed by atoms with Gasteiger partial charge in [-0.25, -0.2) is 0 Å². The van der Waals surface area contributed by atoms with Crippen molar-refractivity contribution in [2.24, 2.45) is 5.92 Å². The van der Waals surface area contributed by atoms with E-state index in [1.165, 1.54) is 32.1 Å². The number of hydrogen-bond acceptors (Lipinski definition) is 1. The Labute approximate surface area is 85.8 Å². The summed E-state index contributed by atoms with van der Waals surface area (Å²) in [7, 11) is 0. The van der Waals surface area contributed by atoms with Crippen LogP contribution >= 0.6 is 11.6 Å². The maximum atomic E-state index is 6.15. The molecule has 1 saturated carbocycles. The van der Waals surface area contributed by atoms with Crippen molar-refractivity contribution in [1.82, 2.24) is 0 Å². The van der Waals surface area contributed by atoms with E-state index in [1.807, 2.05) is 0 Å². The van der Waals surface area contributed by atoms with E-state index in [0.717, 1.165) is 25.4 Å². The monoisotopic (exact) mass is 202 g/mol. The first-order valence-corrected chi connectivity index (χ1v) is 6.05. The normalized spacial score (nSPS) is 37.6. The lowest BCUT2D eigenvalue weighted by atomic mass is 9.83. The number of hydrogen-bond donors (Lipinski definition) is 0. The largest absolute Gasteiger partial charge is 0.378 e. The Hall–Kier alpha value is 0.250. The zero-order valence-corrected chi connectivity index (χ0v) is 8.93. The van der Waals surface area contributed by atoms with Crippen LogP contribution in [-0.2, 0) is 4.74 Å². The zero-order chi connectivity index (χ0) is 9.10. The summed E-state index contributed by atoms with van der Waals surface area (Å²) in [4.78, 5) is 0. The molecular weight excluding hydrogens is 184 g/mol. The standard InChI is InChI=1S/C11H19ClO/c12-10-6-7-13-11(8-10)9-4-2-1-3-5-9/h9-11H,1-8H2. The third-order valence-electron chi connectivity index (χ3n) is 3.43. The van der Waals surface area contributed by atoms with E-state index in [1.54, 1.807) is 0 Å². The Balaban J connectivity index is 1.83. The van der Waals surface area contributed by atoms with E-state index in [-0.39, 0.29) is 0 Å². The molecule has 2 fully saturated rings. The summed E-state index contributed by atoms with van der Waals surface area (Å²) in [6.45, 7) is 0.884. The van der Waals surface area contributed by atoms with Gasteiger partial charge in [-0.05, 0) is 31.6 Å². The average molecular weight is 203 g/mol. The summed E-state index contributed by atoms with van der Waals surface area (Å²) in [5.41, 5.74) is 0. The van der Waals surface area contributed by atoms with E-state index < -0.39 is 0 Å². The number of alkyl halides is 1. The molecule has 2 atom stereocenters.